The van der Waals surface area contributed by atoms with E-state index in [4.69, 9.17) is 10.5 Å². The van der Waals surface area contributed by atoms with E-state index in [9.17, 15) is 14.4 Å². The summed E-state index contributed by atoms with van der Waals surface area (Å²) in [6, 6.07) is 17.9. The fourth-order valence-corrected chi connectivity index (χ4v) is 5.16. The van der Waals surface area contributed by atoms with Gasteiger partial charge in [0.25, 0.3) is 5.91 Å². The molecule has 0 saturated carbocycles. The van der Waals surface area contributed by atoms with Crippen LogP contribution in [-0.4, -0.2) is 62.2 Å². The molecule has 0 bridgehead atoms. The van der Waals surface area contributed by atoms with E-state index in [0.717, 1.165) is 5.56 Å². The predicted molar refractivity (Wildman–Crippen MR) is 150 cm³/mol. The molecule has 212 valence electrons. The molecule has 1 saturated heterocycles. The Labute approximate surface area is 234 Å². The lowest BCUT2D eigenvalue weighted by Gasteiger charge is -2.38. The number of urea groups is 1. The highest BCUT2D eigenvalue weighted by Gasteiger charge is 2.58. The lowest BCUT2D eigenvalue weighted by molar-refractivity contribution is -0.130. The van der Waals surface area contributed by atoms with E-state index in [2.05, 4.69) is 15.5 Å². The lowest BCUT2D eigenvalue weighted by atomic mass is 9.86. The number of para-hydroxylation sites is 1. The normalized spacial score (nSPS) is 19.4. The van der Waals surface area contributed by atoms with Crippen molar-refractivity contribution in [3.05, 3.63) is 77.9 Å². The number of rotatable bonds is 8. The van der Waals surface area contributed by atoms with Crippen LogP contribution in [0.1, 0.15) is 50.9 Å². The zero-order valence-corrected chi connectivity index (χ0v) is 22.3. The molecule has 4 amide bonds. The summed E-state index contributed by atoms with van der Waals surface area (Å²) in [5.74, 6) is 0.451. The predicted octanol–water partition coefficient (Wildman–Crippen LogP) is 2.81. The molecular weight excluding hydrogens is 510 g/mol. The Balaban J connectivity index is 0.00000370. The Morgan fingerprint density at radius 3 is 2.40 bits per heavy atom. The monoisotopic (exact) mass is 547 g/mol. The second-order valence-corrected chi connectivity index (χ2v) is 10.7. The van der Waals surface area contributed by atoms with Crippen LogP contribution in [0.3, 0.4) is 0 Å². The molecular formula is C29H37N7O4. The van der Waals surface area contributed by atoms with E-state index in [1.165, 1.54) is 11.9 Å². The third-order valence-electron chi connectivity index (χ3n) is 7.28. The molecule has 1 aromatic heterocycles. The molecule has 1 fully saturated rings. The third kappa shape index (κ3) is 5.22. The number of carbonyl (C=O) groups is 3. The Morgan fingerprint density at radius 1 is 1.10 bits per heavy atom. The number of fused-ring (bicyclic) bond motifs is 1. The largest absolute Gasteiger partial charge is 0.374 e. The quantitative estimate of drug-likeness (QED) is 0.414. The summed E-state index contributed by atoms with van der Waals surface area (Å²) in [5, 5.41) is 11.8. The third-order valence-corrected chi connectivity index (χ3v) is 7.28. The molecule has 3 aromatic rings. The number of anilines is 1. The molecule has 1 unspecified atom stereocenters. The molecule has 0 radical (unpaired) electrons. The van der Waals surface area contributed by atoms with Gasteiger partial charge in [-0.25, -0.2) is 4.79 Å². The van der Waals surface area contributed by atoms with Crippen LogP contribution in [0.5, 0.6) is 0 Å². The molecule has 2 aliphatic heterocycles. The minimum absolute atomic E-state index is 0. The molecule has 2 aliphatic rings. The van der Waals surface area contributed by atoms with Crippen LogP contribution in [0.2, 0.25) is 0 Å². The van der Waals surface area contributed by atoms with E-state index >= 15 is 0 Å². The summed E-state index contributed by atoms with van der Waals surface area (Å²) in [5.41, 5.74) is 5.50. The molecule has 1 spiro atoms. The average molecular weight is 548 g/mol. The maximum absolute atomic E-state index is 13.5. The number of ether oxygens (including phenoxy) is 1. The van der Waals surface area contributed by atoms with Crippen LogP contribution in [0.15, 0.2) is 60.7 Å². The van der Waals surface area contributed by atoms with Gasteiger partial charge in [-0.2, -0.15) is 0 Å². The summed E-state index contributed by atoms with van der Waals surface area (Å²) >= 11 is 0. The molecule has 5 rings (SSSR count). The van der Waals surface area contributed by atoms with E-state index in [1.807, 2.05) is 65.2 Å². The van der Waals surface area contributed by atoms with Gasteiger partial charge < -0.3 is 20.4 Å². The van der Waals surface area contributed by atoms with Crippen molar-refractivity contribution in [2.75, 3.05) is 18.6 Å². The van der Waals surface area contributed by atoms with E-state index < -0.39 is 17.1 Å². The maximum atomic E-state index is 13.5. The van der Waals surface area contributed by atoms with Crippen molar-refractivity contribution in [2.24, 2.45) is 5.73 Å². The number of amides is 4. The van der Waals surface area contributed by atoms with Gasteiger partial charge in [0.15, 0.2) is 5.82 Å². The van der Waals surface area contributed by atoms with Crippen molar-refractivity contribution in [1.82, 2.24) is 25.0 Å². The van der Waals surface area contributed by atoms with E-state index in [-0.39, 0.29) is 38.3 Å². The highest BCUT2D eigenvalue weighted by molar-refractivity contribution is 6.16. The number of nitrogens with two attached hydrogens (primary N) is 1. The van der Waals surface area contributed by atoms with Crippen molar-refractivity contribution in [2.45, 2.75) is 64.4 Å². The zero-order chi connectivity index (χ0) is 27.8. The van der Waals surface area contributed by atoms with Gasteiger partial charge in [-0.05, 0) is 38.0 Å². The number of hydrogen-bond acceptors (Lipinski definition) is 7. The number of aromatic nitrogens is 3. The topological polar surface area (TPSA) is 136 Å². The number of nitrogens with one attached hydrogen (secondary N) is 1. The van der Waals surface area contributed by atoms with E-state index in [1.54, 1.807) is 18.7 Å². The smallest absolute Gasteiger partial charge is 0.331 e. The Hall–Kier alpha value is -4.09. The molecule has 40 heavy (non-hydrogen) atoms. The number of carbonyl (C=O) groups excluding carboxylic acids is 3. The number of likely N-dealkylation sites (N-methyl/N-ethyl adjacent to an activating group) is 1. The standard InChI is InChI=1S/C28H33N7O4.CH4/c1-27(2,29)24(36)30-21(18-39-17-19-10-6-4-7-11-19)23-32-31-22-16-28(14-15-34(22)23)25(37)33(3)26(38)35(28)20-12-8-5-9-13-20;/h4-13,21H,14-18,29H2,1-3H3,(H,30,36);1H4/t21-,28?;/m1./s1. The van der Waals surface area contributed by atoms with Crippen LogP contribution >= 0.6 is 0 Å². The van der Waals surface area contributed by atoms with Gasteiger partial charge in [0.05, 0.1) is 18.8 Å². The summed E-state index contributed by atoms with van der Waals surface area (Å²) in [4.78, 5) is 42.2. The maximum Gasteiger partial charge on any atom is 0.331 e. The number of nitrogens with zero attached hydrogens (tertiary/aromatic N) is 5. The highest BCUT2D eigenvalue weighted by atomic mass is 16.5. The van der Waals surface area contributed by atoms with Crippen molar-refractivity contribution in [3.8, 4) is 0 Å². The fraction of sp³-hybridized carbons (Fsp3) is 0.414. The molecule has 11 heteroatoms. The first-order valence-electron chi connectivity index (χ1n) is 12.9. The first kappa shape index (κ1) is 28.9. The van der Waals surface area contributed by atoms with Gasteiger partial charge in [0, 0.05) is 25.7 Å². The molecule has 11 nitrogen and oxygen atoms in total. The molecule has 2 aromatic carbocycles. The minimum atomic E-state index is -1.11. The Morgan fingerprint density at radius 2 is 1.75 bits per heavy atom. The highest BCUT2D eigenvalue weighted by Crippen LogP contribution is 2.40. The number of benzene rings is 2. The average Bonchev–Trinajstić information content (AvgIpc) is 3.41. The number of hydrogen-bond donors (Lipinski definition) is 2. The minimum Gasteiger partial charge on any atom is -0.374 e. The molecule has 3 N–H and O–H groups in total. The first-order chi connectivity index (χ1) is 18.6. The van der Waals surface area contributed by atoms with Crippen molar-refractivity contribution >= 4 is 23.5 Å². The zero-order valence-electron chi connectivity index (χ0n) is 22.3. The van der Waals surface area contributed by atoms with Crippen molar-refractivity contribution < 1.29 is 19.1 Å². The number of imide groups is 1. The lowest BCUT2D eigenvalue weighted by Crippen LogP contribution is -2.55. The van der Waals surface area contributed by atoms with Gasteiger partial charge in [-0.1, -0.05) is 56.0 Å². The fourth-order valence-electron chi connectivity index (χ4n) is 5.16. The van der Waals surface area contributed by atoms with Gasteiger partial charge >= 0.3 is 6.03 Å². The van der Waals surface area contributed by atoms with Gasteiger partial charge in [-0.15, -0.1) is 10.2 Å². The second kappa shape index (κ2) is 11.2. The van der Waals surface area contributed by atoms with Crippen LogP contribution in [0, 0.1) is 0 Å². The summed E-state index contributed by atoms with van der Waals surface area (Å²) in [6.45, 7) is 4.15. The van der Waals surface area contributed by atoms with Crippen LogP contribution in [0.4, 0.5) is 10.5 Å². The Bertz CT molecular complexity index is 1370. The van der Waals surface area contributed by atoms with Crippen molar-refractivity contribution in [1.29, 1.82) is 0 Å². The van der Waals surface area contributed by atoms with Crippen LogP contribution in [0.25, 0.3) is 0 Å². The summed E-state index contributed by atoms with van der Waals surface area (Å²) < 4.78 is 7.88. The van der Waals surface area contributed by atoms with E-state index in [0.29, 0.717) is 36.9 Å². The van der Waals surface area contributed by atoms with Crippen molar-refractivity contribution in [3.63, 3.8) is 0 Å². The van der Waals surface area contributed by atoms with Crippen LogP contribution < -0.4 is 16.0 Å². The SMILES string of the molecule is C.CN1C(=O)N(c2ccccc2)C2(CCn3c(nnc3[C@@H](COCc3ccccc3)NC(=O)C(C)(C)N)C2)C1=O. The first-order valence-corrected chi connectivity index (χ1v) is 12.9. The van der Waals surface area contributed by atoms with Gasteiger partial charge in [0.2, 0.25) is 5.91 Å². The summed E-state index contributed by atoms with van der Waals surface area (Å²) in [7, 11) is 1.50. The summed E-state index contributed by atoms with van der Waals surface area (Å²) in [6.07, 6.45) is 0.556. The molecule has 2 atom stereocenters. The Kier molecular flexibility index (Phi) is 8.08. The molecule has 3 heterocycles. The second-order valence-electron chi connectivity index (χ2n) is 10.7. The van der Waals surface area contributed by atoms with Gasteiger partial charge in [0.1, 0.15) is 17.4 Å². The van der Waals surface area contributed by atoms with Crippen LogP contribution in [-0.2, 0) is 33.9 Å². The molecule has 0 aliphatic carbocycles. The van der Waals surface area contributed by atoms with Gasteiger partial charge in [-0.3, -0.25) is 19.4 Å².